The van der Waals surface area contributed by atoms with Crippen LogP contribution in [0.15, 0.2) is 16.6 Å². The van der Waals surface area contributed by atoms with Crippen LogP contribution in [0.4, 0.5) is 0 Å². The van der Waals surface area contributed by atoms with E-state index in [4.69, 9.17) is 9.47 Å². The van der Waals surface area contributed by atoms with Gasteiger partial charge in [-0.25, -0.2) is 0 Å². The van der Waals surface area contributed by atoms with Gasteiger partial charge < -0.3 is 14.8 Å². The monoisotopic (exact) mass is 341 g/mol. The lowest BCUT2D eigenvalue weighted by Gasteiger charge is -2.23. The molecule has 0 atom stereocenters. The first kappa shape index (κ1) is 15.6. The molecule has 0 aromatic heterocycles. The van der Waals surface area contributed by atoms with E-state index in [0.29, 0.717) is 12.6 Å². The molecular formula is C16H24BrNO2. The molecule has 0 heterocycles. The maximum Gasteiger partial charge on any atom is 0.162 e. The zero-order valence-corrected chi connectivity index (χ0v) is 14.0. The van der Waals surface area contributed by atoms with E-state index < -0.39 is 0 Å². The van der Waals surface area contributed by atoms with E-state index in [-0.39, 0.29) is 0 Å². The predicted molar refractivity (Wildman–Crippen MR) is 85.6 cm³/mol. The smallest absolute Gasteiger partial charge is 0.162 e. The highest BCUT2D eigenvalue weighted by Crippen LogP contribution is 2.33. The van der Waals surface area contributed by atoms with Crippen molar-refractivity contribution in [3.63, 3.8) is 0 Å². The molecule has 1 aromatic carbocycles. The van der Waals surface area contributed by atoms with Gasteiger partial charge in [0, 0.05) is 17.1 Å². The molecule has 1 saturated carbocycles. The van der Waals surface area contributed by atoms with Crippen LogP contribution in [-0.2, 0) is 6.54 Å². The summed E-state index contributed by atoms with van der Waals surface area (Å²) in [7, 11) is 1.68. The van der Waals surface area contributed by atoms with Crippen molar-refractivity contribution < 1.29 is 9.47 Å². The van der Waals surface area contributed by atoms with Crippen LogP contribution in [0.5, 0.6) is 11.5 Å². The summed E-state index contributed by atoms with van der Waals surface area (Å²) < 4.78 is 12.1. The third kappa shape index (κ3) is 4.13. The SMILES string of the molecule is CCOc1cc(Br)c(CNC2CCCCC2)cc1OC. The number of hydrogen-bond donors (Lipinski definition) is 1. The van der Waals surface area contributed by atoms with Crippen molar-refractivity contribution in [3.05, 3.63) is 22.2 Å². The molecule has 0 bridgehead atoms. The van der Waals surface area contributed by atoms with E-state index >= 15 is 0 Å². The van der Waals surface area contributed by atoms with Gasteiger partial charge in [0.2, 0.25) is 0 Å². The number of hydrogen-bond acceptors (Lipinski definition) is 3. The molecule has 0 saturated heterocycles. The van der Waals surface area contributed by atoms with E-state index in [2.05, 4.69) is 27.3 Å². The molecule has 2 rings (SSSR count). The standard InChI is InChI=1S/C16H24BrNO2/c1-3-20-16-10-14(17)12(9-15(16)19-2)11-18-13-7-5-4-6-8-13/h9-10,13,18H,3-8,11H2,1-2H3. The lowest BCUT2D eigenvalue weighted by molar-refractivity contribution is 0.310. The first-order chi connectivity index (χ1) is 9.74. The van der Waals surface area contributed by atoms with Gasteiger partial charge in [-0.3, -0.25) is 0 Å². The second-order valence-electron chi connectivity index (χ2n) is 5.24. The van der Waals surface area contributed by atoms with Gasteiger partial charge in [-0.05, 0) is 37.5 Å². The largest absolute Gasteiger partial charge is 0.493 e. The van der Waals surface area contributed by atoms with Gasteiger partial charge in [0.1, 0.15) is 0 Å². The fourth-order valence-corrected chi connectivity index (χ4v) is 3.16. The van der Waals surface area contributed by atoms with E-state index in [1.165, 1.54) is 37.7 Å². The summed E-state index contributed by atoms with van der Waals surface area (Å²) in [5.41, 5.74) is 1.22. The Morgan fingerprint density at radius 2 is 1.95 bits per heavy atom. The molecule has 4 heteroatoms. The molecule has 0 spiro atoms. The summed E-state index contributed by atoms with van der Waals surface area (Å²) in [5.74, 6) is 1.60. The molecule has 1 aliphatic carbocycles. The Morgan fingerprint density at radius 3 is 2.60 bits per heavy atom. The third-order valence-electron chi connectivity index (χ3n) is 3.82. The van der Waals surface area contributed by atoms with E-state index in [0.717, 1.165) is 22.5 Å². The Hall–Kier alpha value is -0.740. The van der Waals surface area contributed by atoms with E-state index in [9.17, 15) is 0 Å². The fraction of sp³-hybridized carbons (Fsp3) is 0.625. The number of halogens is 1. The van der Waals surface area contributed by atoms with Gasteiger partial charge in [0.25, 0.3) is 0 Å². The van der Waals surface area contributed by atoms with E-state index in [1.54, 1.807) is 7.11 Å². The minimum absolute atomic E-state index is 0.641. The van der Waals surface area contributed by atoms with Crippen molar-refractivity contribution in [2.45, 2.75) is 51.6 Å². The molecule has 3 nitrogen and oxygen atoms in total. The molecule has 1 N–H and O–H groups in total. The fourth-order valence-electron chi connectivity index (χ4n) is 2.70. The minimum Gasteiger partial charge on any atom is -0.493 e. The summed E-state index contributed by atoms with van der Waals surface area (Å²) in [6, 6.07) is 4.72. The number of rotatable bonds is 6. The van der Waals surface area contributed by atoms with Crippen LogP contribution < -0.4 is 14.8 Å². The summed E-state index contributed by atoms with van der Waals surface area (Å²) in [6.45, 7) is 3.49. The Bertz CT molecular complexity index is 431. The van der Waals surface area contributed by atoms with Crippen molar-refractivity contribution in [1.82, 2.24) is 5.32 Å². The molecule has 1 fully saturated rings. The van der Waals surface area contributed by atoms with Crippen molar-refractivity contribution in [3.8, 4) is 11.5 Å². The van der Waals surface area contributed by atoms with Crippen molar-refractivity contribution >= 4 is 15.9 Å². The highest BCUT2D eigenvalue weighted by atomic mass is 79.9. The molecule has 112 valence electrons. The van der Waals surface area contributed by atoms with Crippen LogP contribution in [0.25, 0.3) is 0 Å². The van der Waals surface area contributed by atoms with Crippen molar-refractivity contribution in [2.75, 3.05) is 13.7 Å². The topological polar surface area (TPSA) is 30.5 Å². The summed E-state index contributed by atoms with van der Waals surface area (Å²) in [4.78, 5) is 0. The Labute approximate surface area is 130 Å². The average molecular weight is 342 g/mol. The number of ether oxygens (including phenoxy) is 2. The summed E-state index contributed by atoms with van der Waals surface area (Å²) in [6.07, 6.45) is 6.69. The number of methoxy groups -OCH3 is 1. The van der Waals surface area contributed by atoms with E-state index in [1.807, 2.05) is 13.0 Å². The molecular weight excluding hydrogens is 318 g/mol. The van der Waals surface area contributed by atoms with Crippen LogP contribution in [0.2, 0.25) is 0 Å². The highest BCUT2D eigenvalue weighted by Gasteiger charge is 2.14. The average Bonchev–Trinajstić information content (AvgIpc) is 2.48. The molecule has 0 unspecified atom stereocenters. The zero-order valence-electron chi connectivity index (χ0n) is 12.4. The molecule has 1 aliphatic rings. The van der Waals surface area contributed by atoms with Crippen LogP contribution in [0.1, 0.15) is 44.6 Å². The lowest BCUT2D eigenvalue weighted by atomic mass is 9.95. The van der Waals surface area contributed by atoms with Crippen LogP contribution in [0, 0.1) is 0 Å². The minimum atomic E-state index is 0.641. The van der Waals surface area contributed by atoms with Gasteiger partial charge >= 0.3 is 0 Å². The molecule has 0 radical (unpaired) electrons. The van der Waals surface area contributed by atoms with Gasteiger partial charge in [0.15, 0.2) is 11.5 Å². The van der Waals surface area contributed by atoms with Gasteiger partial charge in [-0.1, -0.05) is 35.2 Å². The number of nitrogens with one attached hydrogen (secondary N) is 1. The summed E-state index contributed by atoms with van der Waals surface area (Å²) in [5, 5.41) is 3.66. The molecule has 0 amide bonds. The van der Waals surface area contributed by atoms with Crippen LogP contribution in [0.3, 0.4) is 0 Å². The Kier molecular flexibility index (Phi) is 6.17. The Balaban J connectivity index is 2.03. The normalized spacial score (nSPS) is 16.1. The zero-order chi connectivity index (χ0) is 14.4. The highest BCUT2D eigenvalue weighted by molar-refractivity contribution is 9.10. The second-order valence-corrected chi connectivity index (χ2v) is 6.10. The molecule has 0 aliphatic heterocycles. The lowest BCUT2D eigenvalue weighted by Crippen LogP contribution is -2.30. The van der Waals surface area contributed by atoms with Crippen molar-refractivity contribution in [1.29, 1.82) is 0 Å². The van der Waals surface area contributed by atoms with Gasteiger partial charge in [-0.15, -0.1) is 0 Å². The third-order valence-corrected chi connectivity index (χ3v) is 4.56. The molecule has 1 aromatic rings. The van der Waals surface area contributed by atoms with Crippen molar-refractivity contribution in [2.24, 2.45) is 0 Å². The van der Waals surface area contributed by atoms with Gasteiger partial charge in [-0.2, -0.15) is 0 Å². The molecule has 20 heavy (non-hydrogen) atoms. The maximum atomic E-state index is 5.58. The predicted octanol–water partition coefficient (Wildman–Crippen LogP) is 4.28. The van der Waals surface area contributed by atoms with Gasteiger partial charge in [0.05, 0.1) is 13.7 Å². The quantitative estimate of drug-likeness (QED) is 0.837. The second kappa shape index (κ2) is 7.89. The van der Waals surface area contributed by atoms with Crippen LogP contribution in [-0.4, -0.2) is 19.8 Å². The van der Waals surface area contributed by atoms with Crippen LogP contribution >= 0.6 is 15.9 Å². The summed E-state index contributed by atoms with van der Waals surface area (Å²) >= 11 is 3.63. The first-order valence-corrected chi connectivity index (χ1v) is 8.26. The first-order valence-electron chi connectivity index (χ1n) is 7.47. The number of benzene rings is 1. The maximum absolute atomic E-state index is 5.58. The Morgan fingerprint density at radius 1 is 1.20 bits per heavy atom.